The molecule has 0 amide bonds. The van der Waals surface area contributed by atoms with Gasteiger partial charge in [0, 0.05) is 27.6 Å². The zero-order chi connectivity index (χ0) is 29.7. The van der Waals surface area contributed by atoms with Gasteiger partial charge in [0.2, 0.25) is 0 Å². The summed E-state index contributed by atoms with van der Waals surface area (Å²) in [7, 11) is 0. The number of hydrogen-bond acceptors (Lipinski definition) is 5. The van der Waals surface area contributed by atoms with Crippen LogP contribution in [-0.2, 0) is 0 Å². The molecule has 0 atom stereocenters. The van der Waals surface area contributed by atoms with Crippen molar-refractivity contribution in [2.45, 2.75) is 0 Å². The fourth-order valence-electron chi connectivity index (χ4n) is 6.14. The quantitative estimate of drug-likeness (QED) is 0.191. The molecule has 0 spiro atoms. The van der Waals surface area contributed by atoms with Gasteiger partial charge in [-0.05, 0) is 39.1 Å². The molecule has 0 bridgehead atoms. The van der Waals surface area contributed by atoms with E-state index >= 15 is 0 Å². The van der Waals surface area contributed by atoms with Gasteiger partial charge in [0.05, 0.1) is 10.2 Å². The number of fused-ring (bicyclic) bond motifs is 6. The summed E-state index contributed by atoms with van der Waals surface area (Å²) in [5.41, 5.74) is 4.95. The van der Waals surface area contributed by atoms with E-state index in [9.17, 15) is 0 Å². The van der Waals surface area contributed by atoms with E-state index in [0.717, 1.165) is 53.6 Å². The predicted octanol–water partition coefficient (Wildman–Crippen LogP) is 10.6. The maximum Gasteiger partial charge on any atom is 0.164 e. The largest absolute Gasteiger partial charge is 0.236 e. The van der Waals surface area contributed by atoms with Gasteiger partial charge in [0.25, 0.3) is 0 Å². The third-order valence-corrected chi connectivity index (χ3v) is 9.47. The Kier molecular flexibility index (Phi) is 5.96. The standard InChI is InChI=1S/C40H24N4S/c1-3-11-27(12-4-1)37-42-38(30-20-22-32-29(24-30)19-18-25-10-7-8-16-31(25)32)44-39(43-37)33-17-9-15-26-21-23-34-36(35(26)33)45-40(41-34)28-13-5-2-6-14-28/h1-24H. The van der Waals surface area contributed by atoms with Crippen molar-refractivity contribution in [1.29, 1.82) is 0 Å². The molecule has 9 rings (SSSR count). The van der Waals surface area contributed by atoms with Crippen molar-refractivity contribution >= 4 is 53.9 Å². The highest BCUT2D eigenvalue weighted by Crippen LogP contribution is 2.40. The normalized spacial score (nSPS) is 11.6. The summed E-state index contributed by atoms with van der Waals surface area (Å²) in [5, 5.41) is 8.07. The Morgan fingerprint density at radius 3 is 1.89 bits per heavy atom. The maximum atomic E-state index is 5.15. The van der Waals surface area contributed by atoms with Crippen LogP contribution in [-0.4, -0.2) is 19.9 Å². The highest BCUT2D eigenvalue weighted by atomic mass is 32.1. The summed E-state index contributed by atoms with van der Waals surface area (Å²) in [5.74, 6) is 1.94. The lowest BCUT2D eigenvalue weighted by atomic mass is 10.00. The molecule has 0 radical (unpaired) electrons. The first-order valence-corrected chi connectivity index (χ1v) is 15.7. The van der Waals surface area contributed by atoms with Gasteiger partial charge in [0.15, 0.2) is 17.5 Å². The average molecular weight is 593 g/mol. The molecule has 0 N–H and O–H groups in total. The van der Waals surface area contributed by atoms with Crippen LogP contribution in [0.25, 0.3) is 87.3 Å². The Balaban J connectivity index is 1.28. The van der Waals surface area contributed by atoms with Gasteiger partial charge in [-0.25, -0.2) is 19.9 Å². The van der Waals surface area contributed by atoms with E-state index in [1.54, 1.807) is 11.3 Å². The first kappa shape index (κ1) is 25.7. The highest BCUT2D eigenvalue weighted by Gasteiger charge is 2.18. The Morgan fingerprint density at radius 2 is 1.04 bits per heavy atom. The number of benzene rings is 7. The van der Waals surface area contributed by atoms with Gasteiger partial charge < -0.3 is 0 Å². The van der Waals surface area contributed by atoms with Gasteiger partial charge in [-0.2, -0.15) is 0 Å². The van der Waals surface area contributed by atoms with Crippen molar-refractivity contribution in [1.82, 2.24) is 19.9 Å². The molecule has 0 saturated carbocycles. The van der Waals surface area contributed by atoms with Crippen LogP contribution in [0.5, 0.6) is 0 Å². The van der Waals surface area contributed by atoms with Crippen molar-refractivity contribution in [3.63, 3.8) is 0 Å². The lowest BCUT2D eigenvalue weighted by molar-refractivity contribution is 1.08. The molecule has 9 aromatic rings. The van der Waals surface area contributed by atoms with Crippen molar-refractivity contribution in [3.8, 4) is 44.7 Å². The second-order valence-corrected chi connectivity index (χ2v) is 12.1. The van der Waals surface area contributed by atoms with E-state index < -0.39 is 0 Å². The van der Waals surface area contributed by atoms with Crippen molar-refractivity contribution in [3.05, 3.63) is 146 Å². The predicted molar refractivity (Wildman–Crippen MR) is 187 cm³/mol. The molecule has 210 valence electrons. The average Bonchev–Trinajstić information content (AvgIpc) is 3.57. The fraction of sp³-hybridized carbons (Fsp3) is 0. The number of thiazole rings is 1. The Bertz CT molecular complexity index is 2540. The molecule has 0 unspecified atom stereocenters. The Labute approximate surface area is 263 Å². The summed E-state index contributed by atoms with van der Waals surface area (Å²) in [4.78, 5) is 20.3. The molecular weight excluding hydrogens is 569 g/mol. The molecule has 0 aliphatic heterocycles. The molecule has 2 heterocycles. The molecule has 0 aliphatic rings. The lowest BCUT2D eigenvalue weighted by Crippen LogP contribution is -2.00. The van der Waals surface area contributed by atoms with E-state index in [2.05, 4.69) is 109 Å². The zero-order valence-corrected chi connectivity index (χ0v) is 24.9. The van der Waals surface area contributed by atoms with E-state index in [1.807, 2.05) is 36.4 Å². The molecule has 45 heavy (non-hydrogen) atoms. The molecule has 0 fully saturated rings. The summed E-state index contributed by atoms with van der Waals surface area (Å²) >= 11 is 1.71. The topological polar surface area (TPSA) is 51.6 Å². The molecule has 0 saturated heterocycles. The molecular formula is C40H24N4S. The van der Waals surface area contributed by atoms with Crippen LogP contribution in [0.3, 0.4) is 0 Å². The van der Waals surface area contributed by atoms with Crippen LogP contribution in [0.15, 0.2) is 146 Å². The van der Waals surface area contributed by atoms with Gasteiger partial charge in [-0.3, -0.25) is 0 Å². The summed E-state index contributed by atoms with van der Waals surface area (Å²) in [6, 6.07) is 50.4. The van der Waals surface area contributed by atoms with Crippen molar-refractivity contribution < 1.29 is 0 Å². The Morgan fingerprint density at radius 1 is 0.400 bits per heavy atom. The third-order valence-electron chi connectivity index (χ3n) is 8.33. The zero-order valence-electron chi connectivity index (χ0n) is 24.1. The minimum atomic E-state index is 0.644. The molecule has 7 aromatic carbocycles. The maximum absolute atomic E-state index is 5.15. The summed E-state index contributed by atoms with van der Waals surface area (Å²) in [6.07, 6.45) is 0. The van der Waals surface area contributed by atoms with E-state index in [0.29, 0.717) is 17.5 Å². The third kappa shape index (κ3) is 4.44. The molecule has 2 aromatic heterocycles. The molecule has 0 aliphatic carbocycles. The van der Waals surface area contributed by atoms with E-state index in [1.165, 1.54) is 16.2 Å². The fourth-order valence-corrected chi connectivity index (χ4v) is 7.28. The van der Waals surface area contributed by atoms with Crippen LogP contribution >= 0.6 is 11.3 Å². The first-order valence-electron chi connectivity index (χ1n) is 14.9. The lowest BCUT2D eigenvalue weighted by Gasteiger charge is -2.11. The van der Waals surface area contributed by atoms with Gasteiger partial charge in [-0.1, -0.05) is 133 Å². The SMILES string of the molecule is c1ccc(-c2nc(-c3ccc4c(ccc5ccccc54)c3)nc(-c3cccc4ccc5nc(-c6ccccc6)sc5c34)n2)cc1. The minimum absolute atomic E-state index is 0.644. The molecule has 4 nitrogen and oxygen atoms in total. The number of aromatic nitrogens is 4. The first-order chi connectivity index (χ1) is 22.3. The summed E-state index contributed by atoms with van der Waals surface area (Å²) < 4.78 is 1.13. The second kappa shape index (κ2) is 10.4. The second-order valence-electron chi connectivity index (χ2n) is 11.1. The van der Waals surface area contributed by atoms with Crippen LogP contribution < -0.4 is 0 Å². The van der Waals surface area contributed by atoms with Crippen LogP contribution in [0.1, 0.15) is 0 Å². The van der Waals surface area contributed by atoms with Gasteiger partial charge >= 0.3 is 0 Å². The van der Waals surface area contributed by atoms with E-state index in [-0.39, 0.29) is 0 Å². The van der Waals surface area contributed by atoms with Gasteiger partial charge in [0.1, 0.15) is 5.01 Å². The highest BCUT2D eigenvalue weighted by molar-refractivity contribution is 7.22. The van der Waals surface area contributed by atoms with E-state index in [4.69, 9.17) is 19.9 Å². The smallest absolute Gasteiger partial charge is 0.164 e. The van der Waals surface area contributed by atoms with Crippen LogP contribution in [0, 0.1) is 0 Å². The monoisotopic (exact) mass is 592 g/mol. The molecule has 5 heteroatoms. The number of nitrogens with zero attached hydrogens (tertiary/aromatic N) is 4. The Hall–Kier alpha value is -5.78. The van der Waals surface area contributed by atoms with Crippen LogP contribution in [0.2, 0.25) is 0 Å². The number of rotatable bonds is 4. The minimum Gasteiger partial charge on any atom is -0.236 e. The van der Waals surface area contributed by atoms with Gasteiger partial charge in [-0.15, -0.1) is 11.3 Å². The van der Waals surface area contributed by atoms with Crippen molar-refractivity contribution in [2.75, 3.05) is 0 Å². The van der Waals surface area contributed by atoms with Crippen LogP contribution in [0.4, 0.5) is 0 Å². The summed E-state index contributed by atoms with van der Waals surface area (Å²) in [6.45, 7) is 0. The van der Waals surface area contributed by atoms with Crippen molar-refractivity contribution in [2.24, 2.45) is 0 Å². The number of hydrogen-bond donors (Lipinski definition) is 0.